The number of pyridine rings is 1. The van der Waals surface area contributed by atoms with Crippen LogP contribution in [0.4, 0.5) is 10.1 Å². The van der Waals surface area contributed by atoms with E-state index < -0.39 is 5.41 Å². The van der Waals surface area contributed by atoms with Gasteiger partial charge in [-0.3, -0.25) is 4.79 Å². The number of aromatic nitrogens is 1. The first kappa shape index (κ1) is 12.3. The number of carbonyl (C=O) groups excluding carboxylic acids is 1. The summed E-state index contributed by atoms with van der Waals surface area (Å²) in [5.41, 5.74) is 1.62. The fourth-order valence-electron chi connectivity index (χ4n) is 3.53. The smallest absolute Gasteiger partial charge is 0.237 e. The number of likely N-dealkylation sites (N-methyl/N-ethyl adjacent to an activating group) is 1. The van der Waals surface area contributed by atoms with Gasteiger partial charge in [-0.05, 0) is 40.9 Å². The minimum Gasteiger partial charge on any atom is -0.312 e. The molecule has 2 heterocycles. The average Bonchev–Trinajstić information content (AvgIpc) is 2.59. The molecular weight excluding hydrogens is 323 g/mol. The lowest BCUT2D eigenvalue weighted by Crippen LogP contribution is -2.44. The second kappa shape index (κ2) is 3.79. The van der Waals surface area contributed by atoms with Crippen molar-refractivity contribution in [1.82, 2.24) is 4.98 Å². The Bertz CT molecular complexity index is 770. The predicted octanol–water partition coefficient (Wildman–Crippen LogP) is 3.53. The molecule has 1 spiro atoms. The molecule has 0 bridgehead atoms. The van der Waals surface area contributed by atoms with Gasteiger partial charge in [0.25, 0.3) is 0 Å². The second-order valence-electron chi connectivity index (χ2n) is 5.56. The molecule has 0 unspecified atom stereocenters. The third kappa shape index (κ3) is 1.24. The van der Waals surface area contributed by atoms with E-state index in [0.717, 1.165) is 30.5 Å². The summed E-state index contributed by atoms with van der Waals surface area (Å²) in [6.45, 7) is 0. The van der Waals surface area contributed by atoms with Crippen molar-refractivity contribution in [3.63, 3.8) is 0 Å². The molecule has 2 aromatic rings. The summed E-state index contributed by atoms with van der Waals surface area (Å²) < 4.78 is 15.0. The van der Waals surface area contributed by atoms with Crippen LogP contribution in [0.1, 0.15) is 24.8 Å². The van der Waals surface area contributed by atoms with Gasteiger partial charge in [-0.1, -0.05) is 12.5 Å². The molecule has 3 nitrogen and oxygen atoms in total. The molecule has 0 saturated heterocycles. The van der Waals surface area contributed by atoms with Crippen molar-refractivity contribution in [3.05, 3.63) is 34.2 Å². The van der Waals surface area contributed by atoms with E-state index in [0.29, 0.717) is 15.5 Å². The van der Waals surface area contributed by atoms with Crippen LogP contribution in [0.25, 0.3) is 10.9 Å². The number of hydrogen-bond acceptors (Lipinski definition) is 2. The van der Waals surface area contributed by atoms with Crippen LogP contribution in [-0.4, -0.2) is 17.9 Å². The first-order valence-electron chi connectivity index (χ1n) is 6.62. The monoisotopic (exact) mass is 334 g/mol. The van der Waals surface area contributed by atoms with Crippen LogP contribution in [-0.2, 0) is 10.2 Å². The van der Waals surface area contributed by atoms with Crippen LogP contribution >= 0.6 is 15.9 Å². The van der Waals surface area contributed by atoms with Crippen LogP contribution in [0.3, 0.4) is 0 Å². The highest BCUT2D eigenvalue weighted by Crippen LogP contribution is 2.56. The van der Waals surface area contributed by atoms with E-state index in [9.17, 15) is 9.18 Å². The molecule has 1 fully saturated rings. The van der Waals surface area contributed by atoms with E-state index >= 15 is 0 Å². The minimum absolute atomic E-state index is 0.0667. The summed E-state index contributed by atoms with van der Waals surface area (Å²) in [5.74, 6) is -0.231. The molecule has 1 aliphatic heterocycles. The second-order valence-corrected chi connectivity index (χ2v) is 6.31. The quantitative estimate of drug-likeness (QED) is 0.690. The molecule has 0 N–H and O–H groups in total. The highest BCUT2D eigenvalue weighted by molar-refractivity contribution is 9.10. The molecule has 1 saturated carbocycles. The SMILES string of the molecule is CN1C(=O)C2(CCC2)c2c1c(Br)nc1cccc(F)c21. The number of halogens is 2. The Morgan fingerprint density at radius 1 is 1.40 bits per heavy atom. The van der Waals surface area contributed by atoms with Gasteiger partial charge in [-0.2, -0.15) is 0 Å². The van der Waals surface area contributed by atoms with Gasteiger partial charge in [0.1, 0.15) is 10.4 Å². The third-order valence-electron chi connectivity index (χ3n) is 4.63. The zero-order valence-electron chi connectivity index (χ0n) is 10.9. The van der Waals surface area contributed by atoms with Gasteiger partial charge in [0.2, 0.25) is 5.91 Å². The van der Waals surface area contributed by atoms with Crippen LogP contribution in [0.2, 0.25) is 0 Å². The maximum atomic E-state index is 14.3. The highest BCUT2D eigenvalue weighted by Gasteiger charge is 2.55. The van der Waals surface area contributed by atoms with Gasteiger partial charge in [0.05, 0.1) is 16.6 Å². The molecule has 1 aromatic heterocycles. The Kier molecular flexibility index (Phi) is 2.32. The maximum absolute atomic E-state index is 14.3. The van der Waals surface area contributed by atoms with Crippen LogP contribution in [0.5, 0.6) is 0 Å². The zero-order valence-corrected chi connectivity index (χ0v) is 12.5. The normalized spacial score (nSPS) is 19.6. The summed E-state index contributed by atoms with van der Waals surface area (Å²) >= 11 is 3.44. The maximum Gasteiger partial charge on any atom is 0.237 e. The summed E-state index contributed by atoms with van der Waals surface area (Å²) in [5, 5.41) is 0.503. The van der Waals surface area contributed by atoms with Crippen molar-refractivity contribution in [2.75, 3.05) is 11.9 Å². The number of amides is 1. The van der Waals surface area contributed by atoms with Crippen molar-refractivity contribution in [2.45, 2.75) is 24.7 Å². The van der Waals surface area contributed by atoms with Gasteiger partial charge in [-0.15, -0.1) is 0 Å². The average molecular weight is 335 g/mol. The van der Waals surface area contributed by atoms with Crippen molar-refractivity contribution in [2.24, 2.45) is 0 Å². The molecule has 1 aliphatic carbocycles. The van der Waals surface area contributed by atoms with Crippen LogP contribution in [0, 0.1) is 5.82 Å². The van der Waals surface area contributed by atoms with Crippen molar-refractivity contribution in [1.29, 1.82) is 0 Å². The summed E-state index contributed by atoms with van der Waals surface area (Å²) in [6.07, 6.45) is 2.60. The molecule has 4 rings (SSSR count). The number of nitrogens with zero attached hydrogens (tertiary/aromatic N) is 2. The first-order chi connectivity index (χ1) is 9.56. The minimum atomic E-state index is -0.532. The van der Waals surface area contributed by atoms with E-state index in [-0.39, 0.29) is 11.7 Å². The number of fused-ring (bicyclic) bond motifs is 4. The molecule has 2 aliphatic rings. The Hall–Kier alpha value is -1.49. The molecule has 20 heavy (non-hydrogen) atoms. The Labute approximate surface area is 123 Å². The first-order valence-corrected chi connectivity index (χ1v) is 7.42. The predicted molar refractivity (Wildman–Crippen MR) is 78.3 cm³/mol. The molecule has 102 valence electrons. The molecule has 1 aromatic carbocycles. The van der Waals surface area contributed by atoms with E-state index in [4.69, 9.17) is 0 Å². The molecule has 1 amide bonds. The van der Waals surface area contributed by atoms with Gasteiger partial charge < -0.3 is 4.90 Å². The zero-order chi connectivity index (χ0) is 14.1. The number of carbonyl (C=O) groups is 1. The molecule has 0 atom stereocenters. The van der Waals surface area contributed by atoms with Crippen LogP contribution in [0.15, 0.2) is 22.8 Å². The Morgan fingerprint density at radius 3 is 2.80 bits per heavy atom. The lowest BCUT2D eigenvalue weighted by atomic mass is 9.64. The summed E-state index contributed by atoms with van der Waals surface area (Å²) in [6, 6.07) is 4.88. The van der Waals surface area contributed by atoms with Gasteiger partial charge in [0.15, 0.2) is 0 Å². The largest absolute Gasteiger partial charge is 0.312 e. The van der Waals surface area contributed by atoms with E-state index in [1.807, 2.05) is 0 Å². The van der Waals surface area contributed by atoms with E-state index in [2.05, 4.69) is 20.9 Å². The number of benzene rings is 1. The standard InChI is InChI=1S/C15H12BrFN2O/c1-19-12-11(15(14(19)20)6-3-7-15)10-8(17)4-2-5-9(10)18-13(12)16/h2,4-5H,3,6-7H2,1H3. The molecule has 0 radical (unpaired) electrons. The number of hydrogen-bond donors (Lipinski definition) is 0. The lowest BCUT2D eigenvalue weighted by molar-refractivity contribution is -0.125. The van der Waals surface area contributed by atoms with Crippen molar-refractivity contribution < 1.29 is 9.18 Å². The van der Waals surface area contributed by atoms with Crippen molar-refractivity contribution >= 4 is 38.4 Å². The van der Waals surface area contributed by atoms with E-state index in [1.165, 1.54) is 6.07 Å². The molecule has 5 heteroatoms. The number of anilines is 1. The molecular formula is C15H12BrFN2O. The Balaban J connectivity index is 2.20. The van der Waals surface area contributed by atoms with Gasteiger partial charge in [0, 0.05) is 18.0 Å². The fraction of sp³-hybridized carbons (Fsp3) is 0.333. The van der Waals surface area contributed by atoms with Crippen LogP contribution < -0.4 is 4.90 Å². The topological polar surface area (TPSA) is 33.2 Å². The summed E-state index contributed by atoms with van der Waals surface area (Å²) in [4.78, 5) is 18.7. The van der Waals surface area contributed by atoms with Gasteiger partial charge in [-0.25, -0.2) is 9.37 Å². The van der Waals surface area contributed by atoms with E-state index in [1.54, 1.807) is 24.1 Å². The lowest BCUT2D eigenvalue weighted by Gasteiger charge is -2.37. The number of rotatable bonds is 0. The Morgan fingerprint density at radius 2 is 2.15 bits per heavy atom. The highest BCUT2D eigenvalue weighted by atomic mass is 79.9. The summed E-state index contributed by atoms with van der Waals surface area (Å²) in [7, 11) is 1.74. The van der Waals surface area contributed by atoms with Gasteiger partial charge >= 0.3 is 0 Å². The van der Waals surface area contributed by atoms with Crippen molar-refractivity contribution in [3.8, 4) is 0 Å². The fourth-order valence-corrected chi connectivity index (χ4v) is 4.18. The third-order valence-corrected chi connectivity index (χ3v) is 5.18.